The second kappa shape index (κ2) is 4.36. The fourth-order valence-electron chi connectivity index (χ4n) is 2.40. The average Bonchev–Trinajstić information content (AvgIpc) is 2.17. The largest absolute Gasteiger partial charge is 0.341 e. The van der Waals surface area contributed by atoms with E-state index in [0.29, 0.717) is 0 Å². The number of amides is 2. The summed E-state index contributed by atoms with van der Waals surface area (Å²) in [4.78, 5) is 13.5. The van der Waals surface area contributed by atoms with E-state index in [4.69, 9.17) is 0 Å². The first kappa shape index (κ1) is 11.6. The first-order valence-electron chi connectivity index (χ1n) is 4.99. The summed E-state index contributed by atoms with van der Waals surface area (Å²) >= 11 is 0. The highest BCUT2D eigenvalue weighted by Gasteiger charge is 2.47. The minimum atomic E-state index is 0. The quantitative estimate of drug-likeness (QED) is 0.626. The first-order chi connectivity index (χ1) is 6.28. The van der Waals surface area contributed by atoms with Crippen LogP contribution in [0.15, 0.2) is 0 Å². The van der Waals surface area contributed by atoms with Crippen molar-refractivity contribution in [2.45, 2.75) is 24.8 Å². The third kappa shape index (κ3) is 1.68. The monoisotopic (exact) mass is 219 g/mol. The van der Waals surface area contributed by atoms with Crippen LogP contribution in [0.3, 0.4) is 0 Å². The summed E-state index contributed by atoms with van der Waals surface area (Å²) in [5, 5.41) is 6.03. The first-order valence-corrected chi connectivity index (χ1v) is 4.99. The number of urea groups is 1. The Morgan fingerprint density at radius 2 is 2.00 bits per heavy atom. The molecule has 2 amide bonds. The number of rotatable bonds is 0. The number of hydrogen-bond acceptors (Lipinski definition) is 2. The zero-order chi connectivity index (χ0) is 9.31. The van der Waals surface area contributed by atoms with Crippen LogP contribution in [-0.2, 0) is 0 Å². The molecule has 0 aliphatic carbocycles. The van der Waals surface area contributed by atoms with Gasteiger partial charge in [-0.2, -0.15) is 0 Å². The van der Waals surface area contributed by atoms with Crippen LogP contribution >= 0.6 is 12.4 Å². The van der Waals surface area contributed by atoms with E-state index in [-0.39, 0.29) is 24.0 Å². The van der Waals surface area contributed by atoms with Crippen molar-refractivity contribution in [3.05, 3.63) is 0 Å². The predicted octanol–water partition coefficient (Wildman–Crippen LogP) is 0.575. The summed E-state index contributed by atoms with van der Waals surface area (Å²) in [5.41, 5.74) is 0.200. The normalized spacial score (nSPS) is 23.6. The summed E-state index contributed by atoms with van der Waals surface area (Å²) in [6.45, 7) is 3.03. The van der Waals surface area contributed by atoms with Gasteiger partial charge in [-0.3, -0.25) is 0 Å². The zero-order valence-corrected chi connectivity index (χ0v) is 9.32. The van der Waals surface area contributed by atoms with Gasteiger partial charge < -0.3 is 15.5 Å². The summed E-state index contributed by atoms with van der Waals surface area (Å²) in [7, 11) is 1.70. The Kier molecular flexibility index (Phi) is 3.61. The van der Waals surface area contributed by atoms with E-state index in [1.807, 2.05) is 4.90 Å². The van der Waals surface area contributed by atoms with Gasteiger partial charge in [-0.1, -0.05) is 0 Å². The number of halogens is 1. The molecule has 1 spiro atoms. The van der Waals surface area contributed by atoms with Crippen molar-refractivity contribution in [3.63, 3.8) is 0 Å². The summed E-state index contributed by atoms with van der Waals surface area (Å²) in [6.07, 6.45) is 3.41. The Labute approximate surface area is 90.8 Å². The Balaban J connectivity index is 0.000000980. The molecule has 82 valence electrons. The molecule has 2 saturated heterocycles. The van der Waals surface area contributed by atoms with E-state index in [0.717, 1.165) is 32.5 Å². The van der Waals surface area contributed by atoms with Crippen LogP contribution in [0.25, 0.3) is 0 Å². The number of nitrogens with one attached hydrogen (secondary N) is 2. The molecule has 0 bridgehead atoms. The van der Waals surface area contributed by atoms with Crippen molar-refractivity contribution in [1.29, 1.82) is 0 Å². The lowest BCUT2D eigenvalue weighted by atomic mass is 9.77. The second-order valence-electron chi connectivity index (χ2n) is 3.93. The molecule has 14 heavy (non-hydrogen) atoms. The van der Waals surface area contributed by atoms with Crippen LogP contribution in [0.4, 0.5) is 4.79 Å². The number of piperidine rings is 1. The van der Waals surface area contributed by atoms with E-state index in [1.165, 1.54) is 6.42 Å². The fourth-order valence-corrected chi connectivity index (χ4v) is 2.40. The van der Waals surface area contributed by atoms with E-state index < -0.39 is 0 Å². The topological polar surface area (TPSA) is 44.4 Å². The van der Waals surface area contributed by atoms with Crippen molar-refractivity contribution < 1.29 is 4.79 Å². The fraction of sp³-hybridized carbons (Fsp3) is 0.889. The SMILES string of the molecule is CNC(=O)N1CCC12CCNCC2.Cl. The molecule has 2 fully saturated rings. The van der Waals surface area contributed by atoms with Crippen LogP contribution in [0, 0.1) is 0 Å². The van der Waals surface area contributed by atoms with Crippen LogP contribution in [-0.4, -0.2) is 43.2 Å². The van der Waals surface area contributed by atoms with Crippen molar-refractivity contribution in [3.8, 4) is 0 Å². The van der Waals surface area contributed by atoms with Crippen molar-refractivity contribution in [2.75, 3.05) is 26.7 Å². The number of carbonyl (C=O) groups excluding carboxylic acids is 1. The van der Waals surface area contributed by atoms with Crippen LogP contribution < -0.4 is 10.6 Å². The van der Waals surface area contributed by atoms with Gasteiger partial charge in [0.1, 0.15) is 0 Å². The Hall–Kier alpha value is -0.480. The molecule has 0 aromatic rings. The maximum absolute atomic E-state index is 11.5. The highest BCUT2D eigenvalue weighted by atomic mass is 35.5. The number of likely N-dealkylation sites (tertiary alicyclic amines) is 1. The third-order valence-corrected chi connectivity index (χ3v) is 3.37. The maximum Gasteiger partial charge on any atom is 0.317 e. The zero-order valence-electron chi connectivity index (χ0n) is 8.51. The number of nitrogens with zero attached hydrogens (tertiary/aromatic N) is 1. The molecule has 0 aromatic carbocycles. The van der Waals surface area contributed by atoms with Gasteiger partial charge in [0.15, 0.2) is 0 Å². The highest BCUT2D eigenvalue weighted by molar-refractivity contribution is 5.85. The molecule has 2 N–H and O–H groups in total. The summed E-state index contributed by atoms with van der Waals surface area (Å²) in [5.74, 6) is 0. The third-order valence-electron chi connectivity index (χ3n) is 3.37. The minimum Gasteiger partial charge on any atom is -0.341 e. The van der Waals surface area contributed by atoms with Gasteiger partial charge in [-0.25, -0.2) is 4.79 Å². The standard InChI is InChI=1S/C9H17N3O.ClH/c1-10-8(13)12-7-4-9(12)2-5-11-6-3-9;/h11H,2-7H2,1H3,(H,10,13);1H. The molecule has 0 radical (unpaired) electrons. The molecule has 5 heteroatoms. The molecule has 0 saturated carbocycles. The van der Waals surface area contributed by atoms with Crippen molar-refractivity contribution in [2.24, 2.45) is 0 Å². The summed E-state index contributed by atoms with van der Waals surface area (Å²) < 4.78 is 0. The Morgan fingerprint density at radius 3 is 2.43 bits per heavy atom. The molecular formula is C9H18ClN3O. The molecule has 2 rings (SSSR count). The maximum atomic E-state index is 11.5. The molecule has 2 aliphatic heterocycles. The second-order valence-corrected chi connectivity index (χ2v) is 3.93. The van der Waals surface area contributed by atoms with E-state index in [1.54, 1.807) is 7.05 Å². The molecular weight excluding hydrogens is 202 g/mol. The smallest absolute Gasteiger partial charge is 0.317 e. The Morgan fingerprint density at radius 1 is 1.36 bits per heavy atom. The molecule has 0 atom stereocenters. The van der Waals surface area contributed by atoms with Gasteiger partial charge in [0.2, 0.25) is 0 Å². The van der Waals surface area contributed by atoms with Crippen molar-refractivity contribution >= 4 is 18.4 Å². The van der Waals surface area contributed by atoms with E-state index in [9.17, 15) is 4.79 Å². The van der Waals surface area contributed by atoms with Crippen LogP contribution in [0.5, 0.6) is 0 Å². The highest BCUT2D eigenvalue weighted by Crippen LogP contribution is 2.37. The Bertz CT molecular complexity index is 216. The van der Waals surface area contributed by atoms with Crippen LogP contribution in [0.1, 0.15) is 19.3 Å². The van der Waals surface area contributed by atoms with Crippen LogP contribution in [0.2, 0.25) is 0 Å². The predicted molar refractivity (Wildman–Crippen MR) is 57.9 cm³/mol. The van der Waals surface area contributed by atoms with Gasteiger partial charge in [-0.05, 0) is 32.4 Å². The van der Waals surface area contributed by atoms with Gasteiger partial charge in [-0.15, -0.1) is 12.4 Å². The summed E-state index contributed by atoms with van der Waals surface area (Å²) in [6, 6.07) is 0.0909. The lowest BCUT2D eigenvalue weighted by Crippen LogP contribution is -2.66. The van der Waals surface area contributed by atoms with Gasteiger partial charge >= 0.3 is 6.03 Å². The minimum absolute atomic E-state index is 0. The molecule has 4 nitrogen and oxygen atoms in total. The lowest BCUT2D eigenvalue weighted by Gasteiger charge is -2.54. The van der Waals surface area contributed by atoms with Gasteiger partial charge in [0, 0.05) is 19.1 Å². The van der Waals surface area contributed by atoms with Gasteiger partial charge in [0.05, 0.1) is 0 Å². The molecule has 2 aliphatic rings. The van der Waals surface area contributed by atoms with Crippen molar-refractivity contribution in [1.82, 2.24) is 15.5 Å². The van der Waals surface area contributed by atoms with Gasteiger partial charge in [0.25, 0.3) is 0 Å². The molecule has 0 unspecified atom stereocenters. The van der Waals surface area contributed by atoms with E-state index in [2.05, 4.69) is 10.6 Å². The molecule has 2 heterocycles. The lowest BCUT2D eigenvalue weighted by molar-refractivity contribution is 0.000770. The van der Waals surface area contributed by atoms with E-state index >= 15 is 0 Å². The molecule has 0 aromatic heterocycles. The number of carbonyl (C=O) groups is 1. The average molecular weight is 220 g/mol. The number of hydrogen-bond donors (Lipinski definition) is 2.